The number of hydrogen-bond acceptors (Lipinski definition) is 4. The number of piperidine rings is 1. The minimum atomic E-state index is -3.38. The molecule has 3 heterocycles. The maximum Gasteiger partial charge on any atom is 0.244 e. The monoisotopic (exact) mass is 348 g/mol. The van der Waals surface area contributed by atoms with Gasteiger partial charge in [0.15, 0.2) is 0 Å². The Kier molecular flexibility index (Phi) is 4.90. The predicted octanol–water partition coefficient (Wildman–Crippen LogP) is 2.74. The van der Waals surface area contributed by atoms with Gasteiger partial charge in [0.05, 0.1) is 10.8 Å². The number of nitrogens with zero attached hydrogens (tertiary/aromatic N) is 2. The first-order valence-electron chi connectivity index (χ1n) is 7.49. The summed E-state index contributed by atoms with van der Waals surface area (Å²) in [4.78, 5) is 3.62. The van der Waals surface area contributed by atoms with Gasteiger partial charge in [0.25, 0.3) is 0 Å². The molecule has 0 spiro atoms. The van der Waals surface area contributed by atoms with Gasteiger partial charge in [-0.25, -0.2) is 8.42 Å². The summed E-state index contributed by atoms with van der Waals surface area (Å²) in [5.41, 5.74) is 0. The van der Waals surface area contributed by atoms with Gasteiger partial charge >= 0.3 is 0 Å². The first-order chi connectivity index (χ1) is 10.1. The molecule has 2 fully saturated rings. The second kappa shape index (κ2) is 6.54. The van der Waals surface area contributed by atoms with Crippen LogP contribution in [0.5, 0.6) is 0 Å². The van der Waals surface area contributed by atoms with Gasteiger partial charge in [-0.2, -0.15) is 4.31 Å². The summed E-state index contributed by atoms with van der Waals surface area (Å²) in [7, 11) is -3.38. The molecule has 1 aromatic heterocycles. The fourth-order valence-electron chi connectivity index (χ4n) is 3.31. The van der Waals surface area contributed by atoms with Crippen molar-refractivity contribution < 1.29 is 8.42 Å². The molecule has 0 radical (unpaired) electrons. The molecule has 2 saturated heterocycles. The summed E-state index contributed by atoms with van der Waals surface area (Å²) in [5.74, 6) is 0.260. The van der Waals surface area contributed by atoms with Gasteiger partial charge in [0, 0.05) is 24.0 Å². The number of thiophene rings is 1. The quantitative estimate of drug-likeness (QED) is 0.785. The van der Waals surface area contributed by atoms with E-state index in [2.05, 4.69) is 4.90 Å². The number of sulfonamides is 1. The van der Waals surface area contributed by atoms with E-state index in [4.69, 9.17) is 11.6 Å². The molecule has 0 aliphatic carbocycles. The van der Waals surface area contributed by atoms with E-state index in [1.54, 1.807) is 10.4 Å². The number of halogens is 1. The molecule has 3 rings (SSSR count). The lowest BCUT2D eigenvalue weighted by Crippen LogP contribution is -2.41. The SMILES string of the molecule is O=S(=O)(c1ccsc1CCl)N1CCC(N2CCCCC2)C1. The Hall–Kier alpha value is -0.140. The van der Waals surface area contributed by atoms with E-state index < -0.39 is 10.0 Å². The summed E-state index contributed by atoms with van der Waals surface area (Å²) >= 11 is 7.27. The summed E-state index contributed by atoms with van der Waals surface area (Å²) in [5, 5.41) is 1.81. The minimum Gasteiger partial charge on any atom is -0.299 e. The topological polar surface area (TPSA) is 40.6 Å². The molecular weight excluding hydrogens is 328 g/mol. The Bertz CT molecular complexity index is 582. The van der Waals surface area contributed by atoms with Gasteiger partial charge in [-0.05, 0) is 43.8 Å². The second-order valence-corrected chi connectivity index (χ2v) is 8.92. The van der Waals surface area contributed by atoms with Crippen LogP contribution in [0, 0.1) is 0 Å². The largest absolute Gasteiger partial charge is 0.299 e. The van der Waals surface area contributed by atoms with Gasteiger partial charge in [0.2, 0.25) is 10.0 Å². The highest BCUT2D eigenvalue weighted by atomic mass is 35.5. The molecule has 1 atom stereocenters. The van der Waals surface area contributed by atoms with E-state index in [1.807, 2.05) is 5.38 Å². The molecule has 2 aliphatic heterocycles. The zero-order valence-corrected chi connectivity index (χ0v) is 14.4. The van der Waals surface area contributed by atoms with E-state index in [0.717, 1.165) is 24.4 Å². The molecule has 21 heavy (non-hydrogen) atoms. The van der Waals surface area contributed by atoms with Crippen LogP contribution in [0.3, 0.4) is 0 Å². The van der Waals surface area contributed by atoms with Gasteiger partial charge in [-0.3, -0.25) is 4.90 Å². The molecule has 1 unspecified atom stereocenters. The van der Waals surface area contributed by atoms with E-state index in [-0.39, 0.29) is 5.88 Å². The van der Waals surface area contributed by atoms with Crippen LogP contribution < -0.4 is 0 Å². The summed E-state index contributed by atoms with van der Waals surface area (Å²) < 4.78 is 27.2. The van der Waals surface area contributed by atoms with Gasteiger partial charge in [0.1, 0.15) is 0 Å². The summed E-state index contributed by atoms with van der Waals surface area (Å²) in [6.45, 7) is 3.48. The van der Waals surface area contributed by atoms with Crippen molar-refractivity contribution in [3.05, 3.63) is 16.3 Å². The lowest BCUT2D eigenvalue weighted by atomic mass is 10.1. The third-order valence-corrected chi connectivity index (χ3v) is 7.90. The second-order valence-electron chi connectivity index (χ2n) is 5.74. The minimum absolute atomic E-state index is 0.260. The van der Waals surface area contributed by atoms with E-state index in [9.17, 15) is 8.42 Å². The van der Waals surface area contributed by atoms with Crippen molar-refractivity contribution in [1.29, 1.82) is 0 Å². The van der Waals surface area contributed by atoms with Crippen molar-refractivity contribution in [2.75, 3.05) is 26.2 Å². The predicted molar refractivity (Wildman–Crippen MR) is 86.5 cm³/mol. The average Bonchev–Trinajstić information content (AvgIpc) is 3.17. The highest BCUT2D eigenvalue weighted by Gasteiger charge is 2.36. The molecule has 4 nitrogen and oxygen atoms in total. The van der Waals surface area contributed by atoms with Crippen molar-refractivity contribution in [3.8, 4) is 0 Å². The van der Waals surface area contributed by atoms with Crippen molar-refractivity contribution >= 4 is 33.0 Å². The fourth-order valence-corrected chi connectivity index (χ4v) is 6.47. The number of likely N-dealkylation sites (tertiary alicyclic amines) is 1. The fraction of sp³-hybridized carbons (Fsp3) is 0.714. The van der Waals surface area contributed by atoms with Crippen molar-refractivity contribution in [3.63, 3.8) is 0 Å². The van der Waals surface area contributed by atoms with Crippen LogP contribution in [0.1, 0.15) is 30.6 Å². The van der Waals surface area contributed by atoms with Gasteiger partial charge in [-0.15, -0.1) is 22.9 Å². The Morgan fingerprint density at radius 2 is 2.00 bits per heavy atom. The molecule has 118 valence electrons. The van der Waals surface area contributed by atoms with Crippen LogP contribution in [0.25, 0.3) is 0 Å². The zero-order valence-electron chi connectivity index (χ0n) is 12.0. The van der Waals surface area contributed by atoms with E-state index in [0.29, 0.717) is 24.0 Å². The lowest BCUT2D eigenvalue weighted by Gasteiger charge is -2.32. The molecule has 1 aromatic rings. The number of alkyl halides is 1. The molecule has 0 bridgehead atoms. The molecule has 0 aromatic carbocycles. The van der Waals surface area contributed by atoms with Crippen LogP contribution >= 0.6 is 22.9 Å². The molecule has 0 amide bonds. The smallest absolute Gasteiger partial charge is 0.244 e. The highest BCUT2D eigenvalue weighted by Crippen LogP contribution is 2.30. The Labute approximate surface area is 135 Å². The zero-order chi connectivity index (χ0) is 14.9. The maximum atomic E-state index is 12.8. The van der Waals surface area contributed by atoms with Crippen LogP contribution in [-0.4, -0.2) is 49.8 Å². The highest BCUT2D eigenvalue weighted by molar-refractivity contribution is 7.89. The Morgan fingerprint density at radius 3 is 2.71 bits per heavy atom. The summed E-state index contributed by atoms with van der Waals surface area (Å²) in [6.07, 6.45) is 4.73. The third-order valence-electron chi connectivity index (χ3n) is 4.48. The molecule has 0 saturated carbocycles. The third kappa shape index (κ3) is 3.15. The Balaban J connectivity index is 1.73. The van der Waals surface area contributed by atoms with E-state index >= 15 is 0 Å². The van der Waals surface area contributed by atoms with Crippen molar-refractivity contribution in [1.82, 2.24) is 9.21 Å². The lowest BCUT2D eigenvalue weighted by molar-refractivity contribution is 0.169. The summed E-state index contributed by atoms with van der Waals surface area (Å²) in [6, 6.07) is 2.07. The normalized spacial score (nSPS) is 25.5. The van der Waals surface area contributed by atoms with Crippen molar-refractivity contribution in [2.45, 2.75) is 42.5 Å². The molecule has 2 aliphatic rings. The number of rotatable bonds is 4. The van der Waals surface area contributed by atoms with Crippen LogP contribution in [-0.2, 0) is 15.9 Å². The Morgan fingerprint density at radius 1 is 1.24 bits per heavy atom. The van der Waals surface area contributed by atoms with E-state index in [1.165, 1.54) is 30.6 Å². The first kappa shape index (κ1) is 15.7. The van der Waals surface area contributed by atoms with Crippen LogP contribution in [0.4, 0.5) is 0 Å². The first-order valence-corrected chi connectivity index (χ1v) is 10.3. The molecular formula is C14H21ClN2O2S2. The standard InChI is InChI=1S/C14H21ClN2O2S2/c15-10-13-14(5-9-20-13)21(18,19)17-8-4-12(11-17)16-6-2-1-3-7-16/h5,9,12H,1-4,6-8,10-11H2. The van der Waals surface area contributed by atoms with Crippen molar-refractivity contribution in [2.24, 2.45) is 0 Å². The number of hydrogen-bond donors (Lipinski definition) is 0. The molecule has 0 N–H and O–H groups in total. The maximum absolute atomic E-state index is 12.8. The average molecular weight is 349 g/mol. The van der Waals surface area contributed by atoms with Gasteiger partial charge in [-0.1, -0.05) is 6.42 Å². The van der Waals surface area contributed by atoms with Crippen LogP contribution in [0.2, 0.25) is 0 Å². The van der Waals surface area contributed by atoms with Gasteiger partial charge < -0.3 is 0 Å². The van der Waals surface area contributed by atoms with Crippen LogP contribution in [0.15, 0.2) is 16.3 Å². The molecule has 7 heteroatoms.